The third kappa shape index (κ3) is 3.30. The highest BCUT2D eigenvalue weighted by atomic mass is 16.5. The molecule has 0 bridgehead atoms. The van der Waals surface area contributed by atoms with Gasteiger partial charge in [-0.2, -0.15) is 0 Å². The highest BCUT2D eigenvalue weighted by molar-refractivity contribution is 5.40. The van der Waals surface area contributed by atoms with Gasteiger partial charge in [-0.05, 0) is 31.0 Å². The second-order valence-electron chi connectivity index (χ2n) is 4.90. The molecule has 3 rings (SSSR count). The number of methoxy groups -OCH3 is 1. The molecule has 5 heteroatoms. The van der Waals surface area contributed by atoms with Crippen molar-refractivity contribution < 1.29 is 14.0 Å². The van der Waals surface area contributed by atoms with Crippen LogP contribution in [0.25, 0.3) is 0 Å². The van der Waals surface area contributed by atoms with Crippen LogP contribution < -0.4 is 14.8 Å². The zero-order valence-electron chi connectivity index (χ0n) is 11.5. The number of benzene rings is 1. The molecular weight excluding hydrogens is 256 g/mol. The molecule has 1 aliphatic rings. The first kappa shape index (κ1) is 13.0. The van der Waals surface area contributed by atoms with Crippen molar-refractivity contribution in [3.05, 3.63) is 41.8 Å². The maximum absolute atomic E-state index is 5.80. The van der Waals surface area contributed by atoms with Crippen LogP contribution in [0, 0.1) is 0 Å². The molecule has 0 spiro atoms. The van der Waals surface area contributed by atoms with E-state index < -0.39 is 0 Å². The van der Waals surface area contributed by atoms with Gasteiger partial charge in [-0.3, -0.25) is 0 Å². The molecule has 5 nitrogen and oxygen atoms in total. The van der Waals surface area contributed by atoms with E-state index in [0.29, 0.717) is 18.4 Å². The second-order valence-corrected chi connectivity index (χ2v) is 4.90. The second kappa shape index (κ2) is 5.96. The fourth-order valence-electron chi connectivity index (χ4n) is 1.97. The zero-order valence-corrected chi connectivity index (χ0v) is 11.5. The van der Waals surface area contributed by atoms with Crippen molar-refractivity contribution in [1.29, 1.82) is 0 Å². The van der Waals surface area contributed by atoms with E-state index in [1.807, 2.05) is 18.2 Å². The summed E-state index contributed by atoms with van der Waals surface area (Å²) < 4.78 is 16.1. The molecule has 0 saturated heterocycles. The van der Waals surface area contributed by atoms with Gasteiger partial charge in [0.1, 0.15) is 18.1 Å². The van der Waals surface area contributed by atoms with Crippen LogP contribution in [0.5, 0.6) is 11.5 Å². The molecule has 0 radical (unpaired) electrons. The first-order chi connectivity index (χ1) is 9.85. The lowest BCUT2D eigenvalue weighted by atomic mass is 10.2. The van der Waals surface area contributed by atoms with E-state index in [4.69, 9.17) is 14.0 Å². The lowest BCUT2D eigenvalue weighted by Crippen LogP contribution is -2.16. The van der Waals surface area contributed by atoms with E-state index in [2.05, 4.69) is 10.5 Å². The SMILES string of the molecule is COc1ccc(OCc2ccno2)c(CNC2CC2)c1. The van der Waals surface area contributed by atoms with Crippen molar-refractivity contribution in [2.24, 2.45) is 0 Å². The van der Waals surface area contributed by atoms with Gasteiger partial charge in [-0.15, -0.1) is 0 Å². The molecule has 1 aromatic carbocycles. The van der Waals surface area contributed by atoms with Gasteiger partial charge in [-0.1, -0.05) is 5.16 Å². The summed E-state index contributed by atoms with van der Waals surface area (Å²) in [5.41, 5.74) is 1.09. The molecule has 0 amide bonds. The van der Waals surface area contributed by atoms with Crippen molar-refractivity contribution >= 4 is 0 Å². The molecule has 2 aromatic rings. The molecular formula is C15H18N2O3. The van der Waals surface area contributed by atoms with Crippen molar-refractivity contribution in [3.63, 3.8) is 0 Å². The average Bonchev–Trinajstić information content (AvgIpc) is 3.17. The summed E-state index contributed by atoms with van der Waals surface area (Å²) in [6.45, 7) is 1.16. The molecule has 0 atom stereocenters. The van der Waals surface area contributed by atoms with Gasteiger partial charge in [-0.25, -0.2) is 0 Å². The lowest BCUT2D eigenvalue weighted by Gasteiger charge is -2.12. The van der Waals surface area contributed by atoms with Crippen LogP contribution in [0.3, 0.4) is 0 Å². The van der Waals surface area contributed by atoms with E-state index in [-0.39, 0.29) is 0 Å². The molecule has 1 heterocycles. The molecule has 0 unspecified atom stereocenters. The summed E-state index contributed by atoms with van der Waals surface area (Å²) in [5.74, 6) is 2.39. The van der Waals surface area contributed by atoms with Crippen LogP contribution in [-0.4, -0.2) is 18.3 Å². The van der Waals surface area contributed by atoms with Gasteiger partial charge in [0, 0.05) is 24.2 Å². The predicted molar refractivity (Wildman–Crippen MR) is 73.7 cm³/mol. The van der Waals surface area contributed by atoms with Crippen LogP contribution in [0.1, 0.15) is 24.2 Å². The maximum Gasteiger partial charge on any atom is 0.174 e. The Hall–Kier alpha value is -2.01. The molecule has 1 saturated carbocycles. The Morgan fingerprint density at radius 3 is 2.95 bits per heavy atom. The normalized spacial score (nSPS) is 14.2. The van der Waals surface area contributed by atoms with Crippen LogP contribution in [0.4, 0.5) is 0 Å². The number of rotatable bonds is 7. The molecule has 1 N–H and O–H groups in total. The Balaban J connectivity index is 1.69. The minimum absolute atomic E-state index is 0.378. The Bertz CT molecular complexity index is 550. The minimum atomic E-state index is 0.378. The van der Waals surface area contributed by atoms with Gasteiger partial charge in [0.2, 0.25) is 0 Å². The van der Waals surface area contributed by atoms with Gasteiger partial charge in [0.15, 0.2) is 5.76 Å². The number of ether oxygens (including phenoxy) is 2. The van der Waals surface area contributed by atoms with E-state index in [1.165, 1.54) is 12.8 Å². The molecule has 1 aromatic heterocycles. The van der Waals surface area contributed by atoms with Crippen LogP contribution >= 0.6 is 0 Å². The fraction of sp³-hybridized carbons (Fsp3) is 0.400. The molecule has 20 heavy (non-hydrogen) atoms. The highest BCUT2D eigenvalue weighted by Crippen LogP contribution is 2.27. The monoisotopic (exact) mass is 274 g/mol. The van der Waals surface area contributed by atoms with E-state index in [1.54, 1.807) is 19.4 Å². The molecule has 1 fully saturated rings. The topological polar surface area (TPSA) is 56.5 Å². The average molecular weight is 274 g/mol. The number of hydrogen-bond acceptors (Lipinski definition) is 5. The lowest BCUT2D eigenvalue weighted by molar-refractivity contribution is 0.246. The number of nitrogens with zero attached hydrogens (tertiary/aromatic N) is 1. The Morgan fingerprint density at radius 1 is 1.35 bits per heavy atom. The van der Waals surface area contributed by atoms with E-state index >= 15 is 0 Å². The number of hydrogen-bond donors (Lipinski definition) is 1. The number of aromatic nitrogens is 1. The minimum Gasteiger partial charge on any atom is -0.497 e. The van der Waals surface area contributed by atoms with Gasteiger partial charge in [0.25, 0.3) is 0 Å². The largest absolute Gasteiger partial charge is 0.497 e. The van der Waals surface area contributed by atoms with Crippen LogP contribution in [-0.2, 0) is 13.2 Å². The third-order valence-corrected chi connectivity index (χ3v) is 3.29. The summed E-state index contributed by atoms with van der Waals surface area (Å²) in [4.78, 5) is 0. The van der Waals surface area contributed by atoms with Crippen LogP contribution in [0.15, 0.2) is 35.0 Å². The standard InChI is InChI=1S/C15H18N2O3/c1-18-13-4-5-15(19-10-14-6-7-17-20-14)11(8-13)9-16-12-2-3-12/h4-8,12,16H,2-3,9-10H2,1H3. The van der Waals surface area contributed by atoms with Gasteiger partial charge in [0.05, 0.1) is 13.3 Å². The summed E-state index contributed by atoms with van der Waals surface area (Å²) in [7, 11) is 1.67. The smallest absolute Gasteiger partial charge is 0.174 e. The van der Waals surface area contributed by atoms with Crippen molar-refractivity contribution in [1.82, 2.24) is 10.5 Å². The molecule has 1 aliphatic carbocycles. The molecule has 106 valence electrons. The number of nitrogens with one attached hydrogen (secondary N) is 1. The third-order valence-electron chi connectivity index (χ3n) is 3.29. The quantitative estimate of drug-likeness (QED) is 0.840. The molecule has 0 aliphatic heterocycles. The Kier molecular flexibility index (Phi) is 3.87. The summed E-state index contributed by atoms with van der Waals surface area (Å²) in [6.07, 6.45) is 4.14. The van der Waals surface area contributed by atoms with Crippen molar-refractivity contribution in [2.75, 3.05) is 7.11 Å². The van der Waals surface area contributed by atoms with Gasteiger partial charge >= 0.3 is 0 Å². The van der Waals surface area contributed by atoms with E-state index in [0.717, 1.165) is 23.6 Å². The van der Waals surface area contributed by atoms with Crippen molar-refractivity contribution in [3.8, 4) is 11.5 Å². The zero-order chi connectivity index (χ0) is 13.8. The summed E-state index contributed by atoms with van der Waals surface area (Å²) >= 11 is 0. The first-order valence-electron chi connectivity index (χ1n) is 6.78. The highest BCUT2D eigenvalue weighted by Gasteiger charge is 2.20. The maximum atomic E-state index is 5.80. The fourth-order valence-corrected chi connectivity index (χ4v) is 1.97. The first-order valence-corrected chi connectivity index (χ1v) is 6.78. The summed E-state index contributed by atoms with van der Waals surface area (Å²) in [5, 5.41) is 7.15. The van der Waals surface area contributed by atoms with Crippen molar-refractivity contribution in [2.45, 2.75) is 32.0 Å². The Morgan fingerprint density at radius 2 is 2.25 bits per heavy atom. The van der Waals surface area contributed by atoms with Crippen LogP contribution in [0.2, 0.25) is 0 Å². The van der Waals surface area contributed by atoms with Gasteiger partial charge < -0.3 is 19.3 Å². The predicted octanol–water partition coefficient (Wildman–Crippen LogP) is 2.51. The summed E-state index contributed by atoms with van der Waals surface area (Å²) in [6, 6.07) is 8.29. The van der Waals surface area contributed by atoms with E-state index in [9.17, 15) is 0 Å². The Labute approximate surface area is 117 Å².